The van der Waals surface area contributed by atoms with Gasteiger partial charge in [-0.3, -0.25) is 9.69 Å². The number of nitrogens with two attached hydrogens (primary N) is 1. The van der Waals surface area contributed by atoms with Crippen LogP contribution in [-0.2, 0) is 11.2 Å². The molecule has 2 rings (SSSR count). The fraction of sp³-hybridized carbons (Fsp3) is 0.650. The molecule has 6 heteroatoms. The van der Waals surface area contributed by atoms with Gasteiger partial charge in [0.1, 0.15) is 0 Å². The summed E-state index contributed by atoms with van der Waals surface area (Å²) in [5, 5.41) is 30.5. The van der Waals surface area contributed by atoms with Crippen LogP contribution in [0.1, 0.15) is 38.2 Å². The maximum absolute atomic E-state index is 11.9. The van der Waals surface area contributed by atoms with Crippen molar-refractivity contribution in [3.8, 4) is 0 Å². The summed E-state index contributed by atoms with van der Waals surface area (Å²) in [5.41, 5.74) is 6.84. The van der Waals surface area contributed by atoms with Gasteiger partial charge in [0.05, 0.1) is 36.8 Å². The standard InChI is InChI=1S/C20H32N2O4/c1-2-8-15(20(21)26)17-19(25)18(24)16(13-23)22(17)12-7-6-11-14-9-4-3-5-10-14/h3-5,9-10,15-19,23-25H,2,6-8,11-13H2,1H3,(H2,21,26). The van der Waals surface area contributed by atoms with Gasteiger partial charge in [-0.1, -0.05) is 43.7 Å². The molecule has 1 aromatic rings. The lowest BCUT2D eigenvalue weighted by atomic mass is 9.90. The first kappa shape index (κ1) is 20.8. The van der Waals surface area contributed by atoms with E-state index in [9.17, 15) is 20.1 Å². The highest BCUT2D eigenvalue weighted by molar-refractivity contribution is 5.77. The summed E-state index contributed by atoms with van der Waals surface area (Å²) in [6.45, 7) is 2.30. The Morgan fingerprint density at radius 2 is 1.88 bits per heavy atom. The topological polar surface area (TPSA) is 107 Å². The van der Waals surface area contributed by atoms with Gasteiger partial charge in [-0.2, -0.15) is 0 Å². The van der Waals surface area contributed by atoms with E-state index >= 15 is 0 Å². The van der Waals surface area contributed by atoms with Crippen molar-refractivity contribution in [3.05, 3.63) is 35.9 Å². The maximum Gasteiger partial charge on any atom is 0.222 e. The lowest BCUT2D eigenvalue weighted by Crippen LogP contribution is -2.49. The van der Waals surface area contributed by atoms with E-state index in [2.05, 4.69) is 12.1 Å². The molecule has 6 nitrogen and oxygen atoms in total. The fourth-order valence-electron chi connectivity index (χ4n) is 4.10. The predicted octanol–water partition coefficient (Wildman–Crippen LogP) is 0.678. The third-order valence-corrected chi connectivity index (χ3v) is 5.44. The minimum Gasteiger partial charge on any atom is -0.395 e. The molecule has 1 fully saturated rings. The molecule has 0 bridgehead atoms. The van der Waals surface area contributed by atoms with E-state index in [1.807, 2.05) is 30.0 Å². The zero-order valence-corrected chi connectivity index (χ0v) is 15.5. The van der Waals surface area contributed by atoms with Gasteiger partial charge in [0, 0.05) is 0 Å². The molecular weight excluding hydrogens is 332 g/mol. The number of nitrogens with zero attached hydrogens (tertiary/aromatic N) is 1. The maximum atomic E-state index is 11.9. The smallest absolute Gasteiger partial charge is 0.222 e. The van der Waals surface area contributed by atoms with E-state index in [1.165, 1.54) is 5.56 Å². The zero-order chi connectivity index (χ0) is 19.1. The summed E-state index contributed by atoms with van der Waals surface area (Å²) in [6, 6.07) is 9.09. The van der Waals surface area contributed by atoms with Crippen molar-refractivity contribution in [2.24, 2.45) is 11.7 Å². The Morgan fingerprint density at radius 3 is 2.46 bits per heavy atom. The normalized spacial score (nSPS) is 27.5. The van der Waals surface area contributed by atoms with Crippen LogP contribution in [0.3, 0.4) is 0 Å². The molecule has 0 radical (unpaired) electrons. The number of carbonyl (C=O) groups excluding carboxylic acids is 1. The highest BCUT2D eigenvalue weighted by atomic mass is 16.3. The number of rotatable bonds is 10. The number of amides is 1. The second kappa shape index (κ2) is 10.0. The predicted molar refractivity (Wildman–Crippen MR) is 100 cm³/mol. The largest absolute Gasteiger partial charge is 0.395 e. The van der Waals surface area contributed by atoms with Gasteiger partial charge in [0.25, 0.3) is 0 Å². The summed E-state index contributed by atoms with van der Waals surface area (Å²) >= 11 is 0. The number of hydrogen-bond donors (Lipinski definition) is 4. The number of carbonyl (C=O) groups is 1. The molecule has 1 aliphatic rings. The van der Waals surface area contributed by atoms with Crippen LogP contribution in [0.15, 0.2) is 30.3 Å². The molecule has 5 unspecified atom stereocenters. The van der Waals surface area contributed by atoms with Gasteiger partial charge in [-0.05, 0) is 37.8 Å². The number of aliphatic hydroxyl groups excluding tert-OH is 3. The first-order valence-electron chi connectivity index (χ1n) is 9.57. The molecule has 0 spiro atoms. The number of unbranched alkanes of at least 4 members (excludes halogenated alkanes) is 1. The van der Waals surface area contributed by atoms with Gasteiger partial charge in [0.2, 0.25) is 5.91 Å². The first-order chi connectivity index (χ1) is 12.5. The van der Waals surface area contributed by atoms with Gasteiger partial charge in [-0.15, -0.1) is 0 Å². The molecule has 1 aromatic carbocycles. The molecule has 0 aliphatic carbocycles. The Morgan fingerprint density at radius 1 is 1.19 bits per heavy atom. The first-order valence-corrected chi connectivity index (χ1v) is 9.57. The highest BCUT2D eigenvalue weighted by Gasteiger charge is 2.50. The van der Waals surface area contributed by atoms with Crippen molar-refractivity contribution < 1.29 is 20.1 Å². The molecule has 5 atom stereocenters. The van der Waals surface area contributed by atoms with Gasteiger partial charge < -0.3 is 21.1 Å². The lowest BCUT2D eigenvalue weighted by molar-refractivity contribution is -0.125. The second-order valence-corrected chi connectivity index (χ2v) is 7.20. The van der Waals surface area contributed by atoms with Crippen molar-refractivity contribution in [2.45, 2.75) is 63.3 Å². The van der Waals surface area contributed by atoms with Crippen LogP contribution < -0.4 is 5.73 Å². The van der Waals surface area contributed by atoms with Crippen LogP contribution in [0.25, 0.3) is 0 Å². The molecule has 5 N–H and O–H groups in total. The average Bonchev–Trinajstić information content (AvgIpc) is 2.87. The van der Waals surface area contributed by atoms with E-state index in [0.29, 0.717) is 13.0 Å². The number of benzene rings is 1. The SMILES string of the molecule is CCCC(C(N)=O)C1C(O)C(O)C(CO)N1CCCCc1ccccc1. The van der Waals surface area contributed by atoms with Crippen molar-refractivity contribution in [2.75, 3.05) is 13.2 Å². The number of likely N-dealkylation sites (tertiary alicyclic amines) is 1. The van der Waals surface area contributed by atoms with Crippen LogP contribution in [-0.4, -0.2) is 63.6 Å². The highest BCUT2D eigenvalue weighted by Crippen LogP contribution is 2.32. The van der Waals surface area contributed by atoms with Gasteiger partial charge in [-0.25, -0.2) is 0 Å². The molecule has 26 heavy (non-hydrogen) atoms. The Labute approximate surface area is 155 Å². The van der Waals surface area contributed by atoms with Crippen molar-refractivity contribution >= 4 is 5.91 Å². The number of aryl methyl sites for hydroxylation is 1. The van der Waals surface area contributed by atoms with E-state index < -0.39 is 36.1 Å². The summed E-state index contributed by atoms with van der Waals surface area (Å²) in [4.78, 5) is 13.8. The Hall–Kier alpha value is -1.47. The Bertz CT molecular complexity index is 554. The molecule has 1 saturated heterocycles. The molecule has 1 aliphatic heterocycles. The molecule has 146 valence electrons. The van der Waals surface area contributed by atoms with E-state index in [-0.39, 0.29) is 6.61 Å². The zero-order valence-electron chi connectivity index (χ0n) is 15.5. The molecular formula is C20H32N2O4. The third kappa shape index (κ3) is 4.82. The number of aliphatic hydroxyl groups is 3. The van der Waals surface area contributed by atoms with Crippen molar-refractivity contribution in [1.82, 2.24) is 4.90 Å². The fourth-order valence-corrected chi connectivity index (χ4v) is 4.10. The summed E-state index contributed by atoms with van der Waals surface area (Å²) in [7, 11) is 0. The Kier molecular flexibility index (Phi) is 8.03. The molecule has 1 heterocycles. The summed E-state index contributed by atoms with van der Waals surface area (Å²) in [6.07, 6.45) is 1.91. The summed E-state index contributed by atoms with van der Waals surface area (Å²) < 4.78 is 0. The number of hydrogen-bond acceptors (Lipinski definition) is 5. The van der Waals surface area contributed by atoms with Crippen LogP contribution in [0.4, 0.5) is 0 Å². The molecule has 0 aromatic heterocycles. The van der Waals surface area contributed by atoms with Crippen LogP contribution in [0, 0.1) is 5.92 Å². The van der Waals surface area contributed by atoms with Gasteiger partial charge in [0.15, 0.2) is 0 Å². The van der Waals surface area contributed by atoms with Crippen molar-refractivity contribution in [1.29, 1.82) is 0 Å². The number of primary amides is 1. The minimum absolute atomic E-state index is 0.259. The van der Waals surface area contributed by atoms with Crippen LogP contribution in [0.5, 0.6) is 0 Å². The van der Waals surface area contributed by atoms with E-state index in [4.69, 9.17) is 5.73 Å². The van der Waals surface area contributed by atoms with E-state index in [0.717, 1.165) is 25.7 Å². The van der Waals surface area contributed by atoms with Crippen molar-refractivity contribution in [3.63, 3.8) is 0 Å². The van der Waals surface area contributed by atoms with Crippen LogP contribution >= 0.6 is 0 Å². The quantitative estimate of drug-likeness (QED) is 0.457. The minimum atomic E-state index is -1.08. The van der Waals surface area contributed by atoms with Gasteiger partial charge >= 0.3 is 0 Å². The summed E-state index contributed by atoms with van der Waals surface area (Å²) in [5.74, 6) is -0.994. The van der Waals surface area contributed by atoms with E-state index in [1.54, 1.807) is 0 Å². The monoisotopic (exact) mass is 364 g/mol. The average molecular weight is 364 g/mol. The third-order valence-electron chi connectivity index (χ3n) is 5.44. The lowest BCUT2D eigenvalue weighted by Gasteiger charge is -2.33. The molecule has 1 amide bonds. The second-order valence-electron chi connectivity index (χ2n) is 7.20. The molecule has 0 saturated carbocycles. The Balaban J connectivity index is 2.03. The van der Waals surface area contributed by atoms with Crippen LogP contribution in [0.2, 0.25) is 0 Å².